The van der Waals surface area contributed by atoms with Gasteiger partial charge in [0.15, 0.2) is 5.69 Å². The lowest BCUT2D eigenvalue weighted by Crippen LogP contribution is -2.36. The first-order valence-corrected chi connectivity index (χ1v) is 7.51. The van der Waals surface area contributed by atoms with Gasteiger partial charge in [-0.2, -0.15) is 0 Å². The van der Waals surface area contributed by atoms with Gasteiger partial charge >= 0.3 is 0 Å². The fourth-order valence-electron chi connectivity index (χ4n) is 2.60. The highest BCUT2D eigenvalue weighted by atomic mass is 16.5. The van der Waals surface area contributed by atoms with E-state index in [1.807, 2.05) is 32.0 Å². The zero-order chi connectivity index (χ0) is 15.7. The summed E-state index contributed by atoms with van der Waals surface area (Å²) in [5.74, 6) is 1.71. The molecule has 0 saturated carbocycles. The van der Waals surface area contributed by atoms with Gasteiger partial charge in [0.25, 0.3) is 5.91 Å². The molecule has 116 valence electrons. The molecule has 1 aromatic carbocycles. The molecule has 0 N–H and O–H groups in total. The number of aromatic nitrogens is 1. The molecule has 3 rings (SSSR count). The van der Waals surface area contributed by atoms with Gasteiger partial charge < -0.3 is 14.2 Å². The van der Waals surface area contributed by atoms with Gasteiger partial charge in [0.05, 0.1) is 6.54 Å². The highest BCUT2D eigenvalue weighted by molar-refractivity contribution is 5.92. The highest BCUT2D eigenvalue weighted by Crippen LogP contribution is 2.28. The van der Waals surface area contributed by atoms with Crippen LogP contribution in [0, 0.1) is 0 Å². The fourth-order valence-corrected chi connectivity index (χ4v) is 2.60. The maximum atomic E-state index is 12.4. The number of amides is 1. The van der Waals surface area contributed by atoms with E-state index in [4.69, 9.17) is 9.26 Å². The van der Waals surface area contributed by atoms with Gasteiger partial charge in [-0.05, 0) is 11.6 Å². The monoisotopic (exact) mass is 300 g/mol. The van der Waals surface area contributed by atoms with Crippen molar-refractivity contribution in [2.45, 2.75) is 32.3 Å². The third kappa shape index (κ3) is 2.84. The van der Waals surface area contributed by atoms with E-state index in [-0.39, 0.29) is 17.9 Å². The molecule has 22 heavy (non-hydrogen) atoms. The summed E-state index contributed by atoms with van der Waals surface area (Å²) in [7, 11) is 1.76. The number of fused-ring (bicyclic) bond motifs is 1. The molecule has 2 aromatic rings. The molecule has 5 heteroatoms. The van der Waals surface area contributed by atoms with Crippen molar-refractivity contribution < 1.29 is 14.1 Å². The summed E-state index contributed by atoms with van der Waals surface area (Å²) in [6.45, 7) is 4.53. The third-order valence-corrected chi connectivity index (χ3v) is 3.85. The Labute approximate surface area is 129 Å². The molecule has 1 aliphatic rings. The number of benzene rings is 1. The van der Waals surface area contributed by atoms with Crippen LogP contribution in [0.25, 0.3) is 0 Å². The summed E-state index contributed by atoms with van der Waals surface area (Å²) in [6.07, 6.45) is 0.812. The van der Waals surface area contributed by atoms with Crippen LogP contribution in [0.15, 0.2) is 34.9 Å². The maximum Gasteiger partial charge on any atom is 0.275 e. The van der Waals surface area contributed by atoms with Crippen LogP contribution in [0.3, 0.4) is 0 Å². The number of carbonyl (C=O) groups excluding carboxylic acids is 1. The fraction of sp³-hybridized carbons (Fsp3) is 0.412. The van der Waals surface area contributed by atoms with Crippen LogP contribution in [-0.2, 0) is 6.42 Å². The number of nitrogens with zero attached hydrogens (tertiary/aromatic N) is 2. The summed E-state index contributed by atoms with van der Waals surface area (Å²) < 4.78 is 11.1. The van der Waals surface area contributed by atoms with Crippen LogP contribution >= 0.6 is 0 Å². The number of para-hydroxylation sites is 1. The standard InChI is InChI=1S/C17H20N2O3/c1-11(2)16-9-14(18-22-16)17(20)19(3)10-13-8-12-6-4-5-7-15(12)21-13/h4-7,9,11,13H,8,10H2,1-3H3/t13-/m1/s1. The van der Waals surface area contributed by atoms with E-state index in [0.29, 0.717) is 12.2 Å². The summed E-state index contributed by atoms with van der Waals surface area (Å²) in [6, 6.07) is 9.70. The van der Waals surface area contributed by atoms with Crippen LogP contribution in [0.5, 0.6) is 5.75 Å². The van der Waals surface area contributed by atoms with E-state index >= 15 is 0 Å². The SMILES string of the molecule is CC(C)c1cc(C(=O)N(C)C[C@H]2Cc3ccccc3O2)no1. The van der Waals surface area contributed by atoms with Crippen molar-refractivity contribution in [3.8, 4) is 5.75 Å². The molecule has 0 unspecified atom stereocenters. The molecule has 0 radical (unpaired) electrons. The quantitative estimate of drug-likeness (QED) is 0.871. The second-order valence-electron chi connectivity index (χ2n) is 6.01. The molecule has 5 nitrogen and oxygen atoms in total. The zero-order valence-corrected chi connectivity index (χ0v) is 13.1. The molecular formula is C17H20N2O3. The summed E-state index contributed by atoms with van der Waals surface area (Å²) in [4.78, 5) is 14.0. The van der Waals surface area contributed by atoms with Crippen LogP contribution in [0.1, 0.15) is 41.6 Å². The lowest BCUT2D eigenvalue weighted by atomic mass is 10.1. The minimum atomic E-state index is -0.143. The molecule has 1 amide bonds. The van der Waals surface area contributed by atoms with E-state index in [1.54, 1.807) is 18.0 Å². The Hall–Kier alpha value is -2.30. The molecular weight excluding hydrogens is 280 g/mol. The maximum absolute atomic E-state index is 12.4. The van der Waals surface area contributed by atoms with Crippen molar-refractivity contribution in [1.82, 2.24) is 10.1 Å². The topological polar surface area (TPSA) is 55.6 Å². The number of carbonyl (C=O) groups is 1. The van der Waals surface area contributed by atoms with Crippen molar-refractivity contribution in [3.05, 3.63) is 47.3 Å². The summed E-state index contributed by atoms with van der Waals surface area (Å²) >= 11 is 0. The van der Waals surface area contributed by atoms with Crippen molar-refractivity contribution >= 4 is 5.91 Å². The van der Waals surface area contributed by atoms with Crippen LogP contribution < -0.4 is 4.74 Å². The Morgan fingerprint density at radius 2 is 2.18 bits per heavy atom. The van der Waals surface area contributed by atoms with Gasteiger partial charge in [-0.15, -0.1) is 0 Å². The minimum Gasteiger partial charge on any atom is -0.488 e. The third-order valence-electron chi connectivity index (χ3n) is 3.85. The number of hydrogen-bond acceptors (Lipinski definition) is 4. The molecule has 0 fully saturated rings. The first-order valence-electron chi connectivity index (χ1n) is 7.51. The van der Waals surface area contributed by atoms with Crippen molar-refractivity contribution in [3.63, 3.8) is 0 Å². The second-order valence-corrected chi connectivity index (χ2v) is 6.01. The highest BCUT2D eigenvalue weighted by Gasteiger charge is 2.26. The smallest absolute Gasteiger partial charge is 0.275 e. The number of hydrogen-bond donors (Lipinski definition) is 0. The average Bonchev–Trinajstić information content (AvgIpc) is 3.12. The van der Waals surface area contributed by atoms with E-state index in [9.17, 15) is 4.79 Å². The second kappa shape index (κ2) is 5.83. The van der Waals surface area contributed by atoms with Crippen molar-refractivity contribution in [1.29, 1.82) is 0 Å². The predicted octanol–water partition coefficient (Wildman–Crippen LogP) is 2.87. The van der Waals surface area contributed by atoms with E-state index in [2.05, 4.69) is 11.2 Å². The molecule has 0 spiro atoms. The van der Waals surface area contributed by atoms with Gasteiger partial charge in [0, 0.05) is 25.5 Å². The number of rotatable bonds is 4. The lowest BCUT2D eigenvalue weighted by molar-refractivity contribution is 0.0720. The predicted molar refractivity (Wildman–Crippen MR) is 82.1 cm³/mol. The summed E-state index contributed by atoms with van der Waals surface area (Å²) in [5, 5.41) is 3.87. The van der Waals surface area contributed by atoms with E-state index < -0.39 is 0 Å². The molecule has 0 bridgehead atoms. The Morgan fingerprint density at radius 1 is 1.41 bits per heavy atom. The average molecular weight is 300 g/mol. The molecule has 0 saturated heterocycles. The Morgan fingerprint density at radius 3 is 2.86 bits per heavy atom. The molecule has 0 aliphatic carbocycles. The lowest BCUT2D eigenvalue weighted by Gasteiger charge is -2.20. The van der Waals surface area contributed by atoms with E-state index in [0.717, 1.165) is 17.9 Å². The Bertz CT molecular complexity index is 653. The number of ether oxygens (including phenoxy) is 1. The van der Waals surface area contributed by atoms with E-state index in [1.165, 1.54) is 5.56 Å². The van der Waals surface area contributed by atoms with Gasteiger partial charge in [0.2, 0.25) is 0 Å². The first kappa shape index (κ1) is 14.6. The van der Waals surface area contributed by atoms with Crippen LogP contribution in [0.2, 0.25) is 0 Å². The van der Waals surface area contributed by atoms with Gasteiger partial charge in [-0.1, -0.05) is 37.2 Å². The molecule has 1 aliphatic heterocycles. The summed E-state index contributed by atoms with van der Waals surface area (Å²) in [5.41, 5.74) is 1.54. The Balaban J connectivity index is 1.62. The van der Waals surface area contributed by atoms with Gasteiger partial charge in [0.1, 0.15) is 17.6 Å². The van der Waals surface area contributed by atoms with Gasteiger partial charge in [-0.25, -0.2) is 0 Å². The first-order chi connectivity index (χ1) is 10.5. The minimum absolute atomic E-state index is 0.0113. The number of likely N-dealkylation sites (N-methyl/N-ethyl adjacent to an activating group) is 1. The molecule has 2 heterocycles. The van der Waals surface area contributed by atoms with Crippen molar-refractivity contribution in [2.24, 2.45) is 0 Å². The normalized spacial score (nSPS) is 16.5. The van der Waals surface area contributed by atoms with Crippen molar-refractivity contribution in [2.75, 3.05) is 13.6 Å². The van der Waals surface area contributed by atoms with Gasteiger partial charge in [-0.3, -0.25) is 4.79 Å². The largest absolute Gasteiger partial charge is 0.488 e. The molecule has 1 atom stereocenters. The Kier molecular flexibility index (Phi) is 3.88. The molecule has 1 aromatic heterocycles. The van der Waals surface area contributed by atoms with Crippen LogP contribution in [0.4, 0.5) is 0 Å². The van der Waals surface area contributed by atoms with Crippen LogP contribution in [-0.4, -0.2) is 35.7 Å². The zero-order valence-electron chi connectivity index (χ0n) is 13.1.